The molecule has 0 radical (unpaired) electrons. The van der Waals surface area contributed by atoms with Gasteiger partial charge in [-0.1, -0.05) is 18.5 Å². The number of hydrogen-bond acceptors (Lipinski definition) is 5. The SMILES string of the molecule is CC/C(C(N)=C(C)C=NCc1cncc(Cl)c1)=C(/C)ONC. The zero-order chi connectivity index (χ0) is 16.5. The van der Waals surface area contributed by atoms with Crippen LogP contribution >= 0.6 is 11.6 Å². The average Bonchev–Trinajstić information content (AvgIpc) is 2.48. The van der Waals surface area contributed by atoms with E-state index < -0.39 is 0 Å². The lowest BCUT2D eigenvalue weighted by Gasteiger charge is -2.12. The van der Waals surface area contributed by atoms with Crippen molar-refractivity contribution >= 4 is 17.8 Å². The first-order valence-electron chi connectivity index (χ1n) is 7.08. The van der Waals surface area contributed by atoms with Crippen LogP contribution in [0.5, 0.6) is 0 Å². The van der Waals surface area contributed by atoms with Gasteiger partial charge in [-0.25, -0.2) is 0 Å². The zero-order valence-electron chi connectivity index (χ0n) is 13.5. The molecule has 0 unspecified atom stereocenters. The minimum absolute atomic E-state index is 0.509. The van der Waals surface area contributed by atoms with Gasteiger partial charge in [-0.15, -0.1) is 0 Å². The summed E-state index contributed by atoms with van der Waals surface area (Å²) in [5.41, 5.74) is 12.3. The third kappa shape index (κ3) is 5.50. The van der Waals surface area contributed by atoms with Crippen molar-refractivity contribution in [3.63, 3.8) is 0 Å². The van der Waals surface area contributed by atoms with Crippen LogP contribution in [0.3, 0.4) is 0 Å². The van der Waals surface area contributed by atoms with Crippen molar-refractivity contribution in [1.82, 2.24) is 10.5 Å². The second kappa shape index (κ2) is 9.23. The van der Waals surface area contributed by atoms with Crippen LogP contribution in [-0.2, 0) is 11.4 Å². The van der Waals surface area contributed by atoms with Crippen molar-refractivity contribution in [2.45, 2.75) is 33.7 Å². The van der Waals surface area contributed by atoms with Crippen molar-refractivity contribution in [3.05, 3.63) is 51.6 Å². The van der Waals surface area contributed by atoms with E-state index in [1.165, 1.54) is 0 Å². The van der Waals surface area contributed by atoms with Crippen LogP contribution in [0.25, 0.3) is 0 Å². The van der Waals surface area contributed by atoms with Crippen LogP contribution in [0.1, 0.15) is 32.8 Å². The van der Waals surface area contributed by atoms with Crippen molar-refractivity contribution < 1.29 is 4.84 Å². The van der Waals surface area contributed by atoms with Crippen LogP contribution in [0.2, 0.25) is 5.02 Å². The lowest BCUT2D eigenvalue weighted by molar-refractivity contribution is 0.125. The fourth-order valence-electron chi connectivity index (χ4n) is 1.98. The number of allylic oxidation sites excluding steroid dienone is 3. The molecule has 0 fully saturated rings. The largest absolute Gasteiger partial charge is 0.413 e. The molecule has 0 saturated carbocycles. The van der Waals surface area contributed by atoms with E-state index >= 15 is 0 Å². The second-order valence-electron chi connectivity index (χ2n) is 4.77. The normalized spacial score (nSPS) is 13.9. The Balaban J connectivity index is 2.86. The third-order valence-corrected chi connectivity index (χ3v) is 3.31. The molecule has 3 N–H and O–H groups in total. The third-order valence-electron chi connectivity index (χ3n) is 3.10. The number of hydroxylamine groups is 1. The maximum atomic E-state index is 6.20. The van der Waals surface area contributed by atoms with Gasteiger partial charge in [0.05, 0.1) is 11.6 Å². The lowest BCUT2D eigenvalue weighted by atomic mass is 10.1. The van der Waals surface area contributed by atoms with Gasteiger partial charge in [0.1, 0.15) is 5.76 Å². The van der Waals surface area contributed by atoms with E-state index in [2.05, 4.69) is 15.5 Å². The summed E-state index contributed by atoms with van der Waals surface area (Å²) >= 11 is 5.89. The van der Waals surface area contributed by atoms with E-state index in [1.807, 2.05) is 26.8 Å². The molecule has 0 atom stereocenters. The number of pyridine rings is 1. The molecular formula is C16H23ClN4O. The van der Waals surface area contributed by atoms with Crippen molar-refractivity contribution in [1.29, 1.82) is 0 Å². The predicted molar refractivity (Wildman–Crippen MR) is 91.5 cm³/mol. The summed E-state index contributed by atoms with van der Waals surface area (Å²) in [6.45, 7) is 6.35. The summed E-state index contributed by atoms with van der Waals surface area (Å²) in [5, 5.41) is 0.607. The first-order chi connectivity index (χ1) is 10.5. The zero-order valence-corrected chi connectivity index (χ0v) is 14.2. The number of nitrogens with two attached hydrogens (primary N) is 1. The van der Waals surface area contributed by atoms with Gasteiger partial charge in [0.2, 0.25) is 0 Å². The van der Waals surface area contributed by atoms with E-state index in [4.69, 9.17) is 22.2 Å². The van der Waals surface area contributed by atoms with Crippen molar-refractivity contribution in [3.8, 4) is 0 Å². The quantitative estimate of drug-likeness (QED) is 0.349. The fourth-order valence-corrected chi connectivity index (χ4v) is 2.18. The molecule has 1 rings (SSSR count). The number of rotatable bonds is 7. The molecule has 5 nitrogen and oxygen atoms in total. The molecule has 120 valence electrons. The fraction of sp³-hybridized carbons (Fsp3) is 0.375. The molecule has 0 aromatic carbocycles. The molecule has 1 aromatic heterocycles. The molecular weight excluding hydrogens is 300 g/mol. The van der Waals surface area contributed by atoms with Crippen LogP contribution in [0.4, 0.5) is 0 Å². The van der Waals surface area contributed by atoms with Gasteiger partial charge in [-0.05, 0) is 37.5 Å². The molecule has 0 aliphatic heterocycles. The molecule has 0 aliphatic rings. The first kappa shape index (κ1) is 18.2. The topological polar surface area (TPSA) is 72.5 Å². The maximum Gasteiger partial charge on any atom is 0.126 e. The first-order valence-corrected chi connectivity index (χ1v) is 7.46. The standard InChI is InChI=1S/C16H23ClN4O/c1-5-15(12(3)22-19-4)16(18)11(2)7-20-8-13-6-14(17)10-21-9-13/h6-7,9-10,19H,5,8,18H2,1-4H3/b15-12+,16-11?,20-7?. The Kier molecular flexibility index (Phi) is 7.63. The number of halogens is 1. The van der Waals surface area contributed by atoms with E-state index in [9.17, 15) is 0 Å². The Morgan fingerprint density at radius 2 is 2.18 bits per heavy atom. The van der Waals surface area contributed by atoms with E-state index in [0.717, 1.165) is 28.9 Å². The Labute approximate surface area is 136 Å². The smallest absolute Gasteiger partial charge is 0.126 e. The lowest BCUT2D eigenvalue weighted by Crippen LogP contribution is -2.12. The molecule has 1 aromatic rings. The Morgan fingerprint density at radius 3 is 2.77 bits per heavy atom. The number of hydrogen-bond donors (Lipinski definition) is 2. The number of aromatic nitrogens is 1. The monoisotopic (exact) mass is 322 g/mol. The van der Waals surface area contributed by atoms with Crippen LogP contribution < -0.4 is 11.2 Å². The highest BCUT2D eigenvalue weighted by molar-refractivity contribution is 6.30. The molecule has 1 heterocycles. The van der Waals surface area contributed by atoms with Gasteiger partial charge in [0.15, 0.2) is 0 Å². The van der Waals surface area contributed by atoms with Crippen LogP contribution in [-0.4, -0.2) is 18.2 Å². The highest BCUT2D eigenvalue weighted by Crippen LogP contribution is 2.17. The second-order valence-corrected chi connectivity index (χ2v) is 5.21. The Bertz CT molecular complexity index is 594. The van der Waals surface area contributed by atoms with Crippen LogP contribution in [0.15, 0.2) is 46.1 Å². The summed E-state index contributed by atoms with van der Waals surface area (Å²) < 4.78 is 0. The molecule has 0 aliphatic carbocycles. The maximum absolute atomic E-state index is 6.20. The molecule has 0 saturated heterocycles. The molecule has 0 spiro atoms. The number of nitrogens with zero attached hydrogens (tertiary/aromatic N) is 2. The van der Waals surface area contributed by atoms with Gasteiger partial charge in [0, 0.05) is 36.9 Å². The highest BCUT2D eigenvalue weighted by Gasteiger charge is 2.07. The van der Waals surface area contributed by atoms with E-state index in [0.29, 0.717) is 17.3 Å². The van der Waals surface area contributed by atoms with Gasteiger partial charge in [-0.2, -0.15) is 5.48 Å². The summed E-state index contributed by atoms with van der Waals surface area (Å²) in [5.74, 6) is 0.759. The molecule has 0 amide bonds. The Morgan fingerprint density at radius 1 is 1.45 bits per heavy atom. The average molecular weight is 323 g/mol. The molecule has 22 heavy (non-hydrogen) atoms. The van der Waals surface area contributed by atoms with Gasteiger partial charge in [-0.3, -0.25) is 9.98 Å². The van der Waals surface area contributed by atoms with Crippen molar-refractivity contribution in [2.75, 3.05) is 7.05 Å². The van der Waals surface area contributed by atoms with Gasteiger partial charge >= 0.3 is 0 Å². The number of nitrogens with one attached hydrogen (secondary N) is 1. The summed E-state index contributed by atoms with van der Waals surface area (Å²) in [6, 6.07) is 1.84. The number of aliphatic imine (C=N–C) groups is 1. The predicted octanol–water partition coefficient (Wildman–Crippen LogP) is 3.37. The highest BCUT2D eigenvalue weighted by atomic mass is 35.5. The van der Waals surface area contributed by atoms with Crippen molar-refractivity contribution in [2.24, 2.45) is 10.7 Å². The summed E-state index contributed by atoms with van der Waals surface area (Å²) in [6.07, 6.45) is 5.88. The van der Waals surface area contributed by atoms with Gasteiger partial charge < -0.3 is 10.6 Å². The summed E-state index contributed by atoms with van der Waals surface area (Å²) in [4.78, 5) is 13.7. The Hall–Kier alpha value is -1.85. The van der Waals surface area contributed by atoms with Gasteiger partial charge in [0.25, 0.3) is 0 Å². The minimum Gasteiger partial charge on any atom is -0.413 e. The van der Waals surface area contributed by atoms with Crippen LogP contribution in [0, 0.1) is 0 Å². The van der Waals surface area contributed by atoms with E-state index in [1.54, 1.807) is 25.7 Å². The van der Waals surface area contributed by atoms with E-state index in [-0.39, 0.29) is 0 Å². The minimum atomic E-state index is 0.509. The summed E-state index contributed by atoms with van der Waals surface area (Å²) in [7, 11) is 1.71. The molecule has 0 bridgehead atoms. The molecule has 6 heteroatoms.